The SMILES string of the molecule is CC(C)CN(C)c1cc(NC(=O)OC(C)(C)C)c(NC(=O)CC(=O)c2cccc(-n3ccnn3)c2)cc1Cl. The number of benzene rings is 2. The molecule has 11 heteroatoms. The number of nitrogens with zero attached hydrogens (tertiary/aromatic N) is 4. The molecule has 0 atom stereocenters. The van der Waals surface area contributed by atoms with E-state index in [1.165, 1.54) is 10.9 Å². The largest absolute Gasteiger partial charge is 0.444 e. The van der Waals surface area contributed by atoms with Gasteiger partial charge in [-0.15, -0.1) is 5.10 Å². The molecule has 2 N–H and O–H groups in total. The number of halogens is 1. The number of carbonyl (C=O) groups is 3. The number of nitrogens with one attached hydrogen (secondary N) is 2. The summed E-state index contributed by atoms with van der Waals surface area (Å²) in [5, 5.41) is 13.5. The van der Waals surface area contributed by atoms with Gasteiger partial charge in [-0.2, -0.15) is 0 Å². The third-order valence-electron chi connectivity index (χ3n) is 5.22. The fourth-order valence-corrected chi connectivity index (χ4v) is 4.04. The van der Waals surface area contributed by atoms with E-state index in [9.17, 15) is 14.4 Å². The van der Waals surface area contributed by atoms with Crippen molar-refractivity contribution in [2.45, 2.75) is 46.6 Å². The highest BCUT2D eigenvalue weighted by molar-refractivity contribution is 6.34. The van der Waals surface area contributed by atoms with Crippen molar-refractivity contribution in [1.82, 2.24) is 15.0 Å². The van der Waals surface area contributed by atoms with Crippen LogP contribution in [-0.4, -0.2) is 52.0 Å². The lowest BCUT2D eigenvalue weighted by molar-refractivity contribution is -0.115. The van der Waals surface area contributed by atoms with Gasteiger partial charge in [0, 0.05) is 19.2 Å². The van der Waals surface area contributed by atoms with E-state index >= 15 is 0 Å². The van der Waals surface area contributed by atoms with Gasteiger partial charge in [0.15, 0.2) is 5.78 Å². The van der Waals surface area contributed by atoms with E-state index in [1.807, 2.05) is 11.9 Å². The average Bonchev–Trinajstić information content (AvgIpc) is 3.34. The molecule has 0 aliphatic carbocycles. The summed E-state index contributed by atoms with van der Waals surface area (Å²) in [6.07, 6.45) is 2.08. The van der Waals surface area contributed by atoms with Gasteiger partial charge < -0.3 is 15.0 Å². The van der Waals surface area contributed by atoms with E-state index in [1.54, 1.807) is 63.4 Å². The van der Waals surface area contributed by atoms with E-state index < -0.39 is 24.0 Å². The molecule has 3 rings (SSSR count). The highest BCUT2D eigenvalue weighted by atomic mass is 35.5. The molecule has 0 saturated carbocycles. The van der Waals surface area contributed by atoms with Gasteiger partial charge in [-0.3, -0.25) is 14.9 Å². The predicted octanol–water partition coefficient (Wildman–Crippen LogP) is 5.57. The molecule has 38 heavy (non-hydrogen) atoms. The quantitative estimate of drug-likeness (QED) is 0.269. The summed E-state index contributed by atoms with van der Waals surface area (Å²) in [5.41, 5.74) is 1.49. The van der Waals surface area contributed by atoms with Crippen LogP contribution < -0.4 is 15.5 Å². The number of Topliss-reactive ketones (excluding diaryl/α,β-unsaturated/α-hetero) is 1. The standard InChI is InChI=1S/C27H33ClN6O4/c1-17(2)16-33(6)23-14-22(31-26(37)38-27(3,4)5)21(13-20(23)28)30-25(36)15-24(35)18-8-7-9-19(12-18)34-11-10-29-32-34/h7-14,17H,15-16H2,1-6H3,(H,30,36)(H,31,37). The van der Waals surface area contributed by atoms with Gasteiger partial charge in [-0.1, -0.05) is 42.8 Å². The Kier molecular flexibility index (Phi) is 9.11. The molecule has 0 aliphatic heterocycles. The molecule has 0 saturated heterocycles. The zero-order valence-corrected chi connectivity index (χ0v) is 23.2. The monoisotopic (exact) mass is 540 g/mol. The van der Waals surface area contributed by atoms with Crippen LogP contribution in [-0.2, 0) is 9.53 Å². The molecule has 0 spiro atoms. The van der Waals surface area contributed by atoms with Gasteiger partial charge in [0.2, 0.25) is 5.91 Å². The predicted molar refractivity (Wildman–Crippen MR) is 148 cm³/mol. The Labute approximate surface area is 227 Å². The Morgan fingerprint density at radius 2 is 1.82 bits per heavy atom. The second kappa shape index (κ2) is 12.1. The summed E-state index contributed by atoms with van der Waals surface area (Å²) in [7, 11) is 1.89. The molecular formula is C27H33ClN6O4. The third kappa shape index (κ3) is 8.04. The summed E-state index contributed by atoms with van der Waals surface area (Å²) in [5.74, 6) is -0.579. The highest BCUT2D eigenvalue weighted by Crippen LogP contribution is 2.35. The zero-order chi connectivity index (χ0) is 28.0. The van der Waals surface area contributed by atoms with Crippen molar-refractivity contribution in [2.24, 2.45) is 5.92 Å². The first kappa shape index (κ1) is 28.6. The normalized spacial score (nSPS) is 11.3. The lowest BCUT2D eigenvalue weighted by Crippen LogP contribution is -2.28. The number of ether oxygens (including phenoxy) is 1. The van der Waals surface area contributed by atoms with Crippen molar-refractivity contribution in [3.8, 4) is 5.69 Å². The fourth-order valence-electron chi connectivity index (χ4n) is 3.73. The summed E-state index contributed by atoms with van der Waals surface area (Å²) < 4.78 is 6.91. The number of rotatable bonds is 9. The van der Waals surface area contributed by atoms with Gasteiger partial charge in [0.05, 0.1) is 46.6 Å². The molecule has 0 radical (unpaired) electrons. The smallest absolute Gasteiger partial charge is 0.412 e. The van der Waals surface area contributed by atoms with Crippen molar-refractivity contribution in [3.05, 3.63) is 59.4 Å². The number of aromatic nitrogens is 3. The maximum absolute atomic E-state index is 12.9. The lowest BCUT2D eigenvalue weighted by Gasteiger charge is -2.25. The van der Waals surface area contributed by atoms with Crippen LogP contribution in [0.15, 0.2) is 48.8 Å². The molecular weight excluding hydrogens is 508 g/mol. The molecule has 0 unspecified atom stereocenters. The minimum Gasteiger partial charge on any atom is -0.444 e. The van der Waals surface area contributed by atoms with Crippen LogP contribution in [0.25, 0.3) is 5.69 Å². The molecule has 1 heterocycles. The molecule has 0 aliphatic rings. The van der Waals surface area contributed by atoms with Gasteiger partial charge in [-0.25, -0.2) is 9.48 Å². The first-order valence-corrected chi connectivity index (χ1v) is 12.5. The lowest BCUT2D eigenvalue weighted by atomic mass is 10.1. The molecule has 0 fully saturated rings. The first-order valence-electron chi connectivity index (χ1n) is 12.2. The second-order valence-corrected chi connectivity index (χ2v) is 10.7. The zero-order valence-electron chi connectivity index (χ0n) is 22.4. The summed E-state index contributed by atoms with van der Waals surface area (Å²) in [6.45, 7) is 10.1. The number of hydrogen-bond donors (Lipinski definition) is 2. The number of hydrogen-bond acceptors (Lipinski definition) is 7. The summed E-state index contributed by atoms with van der Waals surface area (Å²) in [4.78, 5) is 40.3. The number of ketones is 1. The first-order chi connectivity index (χ1) is 17.8. The van der Waals surface area contributed by atoms with Crippen LogP contribution in [0.1, 0.15) is 51.4 Å². The minimum atomic E-state index is -0.718. The van der Waals surface area contributed by atoms with E-state index in [4.69, 9.17) is 16.3 Å². The minimum absolute atomic E-state index is 0.247. The summed E-state index contributed by atoms with van der Waals surface area (Å²) in [6, 6.07) is 9.97. The Balaban J connectivity index is 1.82. The Morgan fingerprint density at radius 3 is 2.45 bits per heavy atom. The Bertz CT molecular complexity index is 1300. The topological polar surface area (TPSA) is 118 Å². The van der Waals surface area contributed by atoms with Gasteiger partial charge in [0.1, 0.15) is 5.60 Å². The van der Waals surface area contributed by atoms with Crippen molar-refractivity contribution in [2.75, 3.05) is 29.1 Å². The maximum atomic E-state index is 12.9. The molecule has 10 nitrogen and oxygen atoms in total. The molecule has 1 aromatic heterocycles. The highest BCUT2D eigenvalue weighted by Gasteiger charge is 2.21. The third-order valence-corrected chi connectivity index (χ3v) is 5.53. The maximum Gasteiger partial charge on any atom is 0.412 e. The average molecular weight is 541 g/mol. The fraction of sp³-hybridized carbons (Fsp3) is 0.370. The summed E-state index contributed by atoms with van der Waals surface area (Å²) >= 11 is 6.56. The van der Waals surface area contributed by atoms with E-state index in [-0.39, 0.29) is 11.5 Å². The van der Waals surface area contributed by atoms with Crippen LogP contribution in [0.2, 0.25) is 5.02 Å². The van der Waals surface area contributed by atoms with Crippen LogP contribution >= 0.6 is 11.6 Å². The Morgan fingerprint density at radius 1 is 1.11 bits per heavy atom. The van der Waals surface area contributed by atoms with Crippen LogP contribution in [0, 0.1) is 5.92 Å². The van der Waals surface area contributed by atoms with E-state index in [2.05, 4.69) is 34.8 Å². The van der Waals surface area contributed by atoms with Crippen LogP contribution in [0.5, 0.6) is 0 Å². The Hall–Kier alpha value is -3.92. The molecule has 2 aromatic carbocycles. The van der Waals surface area contributed by atoms with Crippen molar-refractivity contribution in [3.63, 3.8) is 0 Å². The second-order valence-electron chi connectivity index (χ2n) is 10.3. The van der Waals surface area contributed by atoms with Crippen molar-refractivity contribution >= 4 is 46.4 Å². The molecule has 3 aromatic rings. The van der Waals surface area contributed by atoms with E-state index in [0.717, 1.165) is 6.54 Å². The van der Waals surface area contributed by atoms with Gasteiger partial charge in [0.25, 0.3) is 0 Å². The van der Waals surface area contributed by atoms with Crippen molar-refractivity contribution < 1.29 is 19.1 Å². The van der Waals surface area contributed by atoms with Gasteiger partial charge >= 0.3 is 6.09 Å². The number of anilines is 3. The van der Waals surface area contributed by atoms with Crippen LogP contribution in [0.3, 0.4) is 0 Å². The number of amides is 2. The number of carbonyl (C=O) groups excluding carboxylic acids is 3. The van der Waals surface area contributed by atoms with E-state index in [0.29, 0.717) is 33.6 Å². The molecule has 2 amide bonds. The van der Waals surface area contributed by atoms with Crippen LogP contribution in [0.4, 0.5) is 21.9 Å². The van der Waals surface area contributed by atoms with Gasteiger partial charge in [-0.05, 0) is 51.0 Å². The molecule has 0 bridgehead atoms. The molecule has 202 valence electrons. The van der Waals surface area contributed by atoms with Crippen molar-refractivity contribution in [1.29, 1.82) is 0 Å².